The number of pyridine rings is 3. The third kappa shape index (κ3) is 18.1. The van der Waals surface area contributed by atoms with Gasteiger partial charge in [0.2, 0.25) is 0 Å². The highest BCUT2D eigenvalue weighted by Crippen LogP contribution is 2.41. The van der Waals surface area contributed by atoms with Gasteiger partial charge in [0.15, 0.2) is 0 Å². The summed E-state index contributed by atoms with van der Waals surface area (Å²) in [5.74, 6) is 3.15. The molecule has 7 heterocycles. The molecular weight excluding hydrogens is 1220 g/mol. The van der Waals surface area contributed by atoms with E-state index in [0.717, 1.165) is 118 Å². The molecule has 6 aromatic rings. The summed E-state index contributed by atoms with van der Waals surface area (Å²) in [7, 11) is 5.72. The Bertz CT molecular complexity index is 2940. The molecule has 14 nitrogen and oxygen atoms in total. The third-order valence-electron chi connectivity index (χ3n) is 16.6. The van der Waals surface area contributed by atoms with Crippen LogP contribution in [0, 0.1) is 27.2 Å². The van der Waals surface area contributed by atoms with E-state index in [9.17, 15) is 0 Å². The molecule has 0 aromatic carbocycles. The first-order valence-electron chi connectivity index (χ1n) is 28.1. The van der Waals surface area contributed by atoms with Crippen molar-refractivity contribution < 1.29 is 9.31 Å². The van der Waals surface area contributed by atoms with Crippen LogP contribution in [-0.2, 0) is 56.1 Å². The molecule has 1 aliphatic heterocycles. The predicted octanol–water partition coefficient (Wildman–Crippen LogP) is 13.4. The van der Waals surface area contributed by atoms with Crippen molar-refractivity contribution in [2.45, 2.75) is 180 Å². The maximum absolute atomic E-state index is 6.51. The Balaban J connectivity index is 0.000000152. The Hall–Kier alpha value is -2.88. The molecule has 6 fully saturated rings. The first-order valence-corrected chi connectivity index (χ1v) is 31.1. The molecule has 0 atom stereocenters. The van der Waals surface area contributed by atoms with Crippen molar-refractivity contribution >= 4 is 93.2 Å². The summed E-state index contributed by atoms with van der Waals surface area (Å²) < 4.78 is 19.1. The second kappa shape index (κ2) is 28.8. The van der Waals surface area contributed by atoms with E-state index in [1.54, 1.807) is 18.3 Å². The van der Waals surface area contributed by atoms with Crippen molar-refractivity contribution in [1.29, 1.82) is 0 Å². The first kappa shape index (κ1) is 64.7. The summed E-state index contributed by atoms with van der Waals surface area (Å²) >= 11 is 32.0. The van der Waals surface area contributed by atoms with Crippen molar-refractivity contribution in [2.75, 3.05) is 0 Å². The van der Waals surface area contributed by atoms with Gasteiger partial charge >= 0.3 is 7.12 Å². The summed E-state index contributed by atoms with van der Waals surface area (Å²) in [5.41, 5.74) is 27.0. The van der Waals surface area contributed by atoms with E-state index in [4.69, 9.17) is 84.5 Å². The number of nitrogens with two attached hydrogens (primary N) is 3. The fourth-order valence-electron chi connectivity index (χ4n) is 10.2. The molecule has 6 N–H and O–H groups in total. The number of aromatic nitrogens is 9. The molecule has 0 amide bonds. The normalized spacial score (nSPS) is 21.8. The van der Waals surface area contributed by atoms with Crippen molar-refractivity contribution in [1.82, 2.24) is 44.3 Å². The summed E-state index contributed by atoms with van der Waals surface area (Å²) in [4.78, 5) is 12.3. The van der Waals surface area contributed by atoms with Gasteiger partial charge in [0.1, 0.15) is 10.3 Å². The number of hydrogen-bond donors (Lipinski definition) is 3. The molecule has 5 saturated carbocycles. The van der Waals surface area contributed by atoms with Crippen molar-refractivity contribution in [3.8, 4) is 22.3 Å². The highest BCUT2D eigenvalue weighted by atomic mass is 127. The highest BCUT2D eigenvalue weighted by Gasteiger charge is 2.53. The van der Waals surface area contributed by atoms with E-state index in [0.29, 0.717) is 44.4 Å². The van der Waals surface area contributed by atoms with Crippen molar-refractivity contribution in [3.63, 3.8) is 0 Å². The Morgan fingerprint density at radius 3 is 1.30 bits per heavy atom. The molecule has 0 bridgehead atoms. The topological polar surface area (TPSA) is 189 Å². The minimum Gasteiger partial charge on any atom is -0.399 e. The van der Waals surface area contributed by atoms with Gasteiger partial charge in [-0.15, -0.1) is 0 Å². The van der Waals surface area contributed by atoms with Gasteiger partial charge < -0.3 is 26.5 Å². The molecule has 0 unspecified atom stereocenters. The van der Waals surface area contributed by atoms with E-state index < -0.39 is 0 Å². The standard InChI is InChI=1S/C20H27ClN4.C14H23BN2O2.C13H13Cl2N3.C6H14N2.C5H2Cl2IN.CH4/c1-25-20(9-14-2-3-14)18(11-24-25)17-10-16(23-12-19(17)21)8-13-4-6-15(22)7-5-13;1-13(2)14(3,4)19-15(18-13)11-9-16-17(5)12(11)8-10-6-7-10;1-18-12(4-8-2-3-8)10(6-17-18)9-5-13(15)16-7-11(9)14;7-5-1-2-6(8)4-3-5;6-3-2-9-5(7)1-4(3)8;/h10-15H,2-9,22H2,1H3;9-10H,6-8H2,1-5H3;5-8H,2-4H2,1H3;5-6H,1-4,7-8H2;1-2H;1H4. The molecule has 1 saturated heterocycles. The van der Waals surface area contributed by atoms with E-state index >= 15 is 0 Å². The van der Waals surface area contributed by atoms with Crippen LogP contribution in [0.5, 0.6) is 0 Å². The smallest absolute Gasteiger partial charge is 0.399 e. The number of aryl methyl sites for hydroxylation is 3. The van der Waals surface area contributed by atoms with E-state index in [1.165, 1.54) is 80.2 Å². The van der Waals surface area contributed by atoms with Crippen LogP contribution in [0.1, 0.15) is 148 Å². The molecule has 0 spiro atoms. The van der Waals surface area contributed by atoms with Gasteiger partial charge in [0, 0.05) is 118 Å². The quantitative estimate of drug-likeness (QED) is 0.0636. The molecule has 21 heteroatoms. The van der Waals surface area contributed by atoms with E-state index in [-0.39, 0.29) is 25.7 Å². The van der Waals surface area contributed by atoms with Gasteiger partial charge in [-0.1, -0.05) is 65.4 Å². The number of rotatable bonds is 11. The fourth-order valence-corrected chi connectivity index (χ4v) is 11.6. The van der Waals surface area contributed by atoms with E-state index in [2.05, 4.69) is 86.6 Å². The van der Waals surface area contributed by atoms with E-state index in [1.807, 2.05) is 60.0 Å². The maximum atomic E-state index is 6.51. The molecular formula is C59H83BCl5IN12O2. The largest absolute Gasteiger partial charge is 0.498 e. The molecule has 6 aliphatic rings. The summed E-state index contributed by atoms with van der Waals surface area (Å²) in [6.07, 6.45) is 32.1. The second-order valence-corrected chi connectivity index (χ2v) is 26.8. The lowest BCUT2D eigenvalue weighted by atomic mass is 9.78. The Morgan fingerprint density at radius 1 is 0.487 bits per heavy atom. The summed E-state index contributed by atoms with van der Waals surface area (Å²) in [5, 5.41) is 16.1. The fraction of sp³-hybridized carbons (Fsp3) is 0.593. The lowest BCUT2D eigenvalue weighted by Crippen LogP contribution is -2.41. The monoisotopic (exact) mass is 1300 g/mol. The van der Waals surface area contributed by atoms with Crippen molar-refractivity contribution in [3.05, 3.63) is 107 Å². The van der Waals surface area contributed by atoms with Gasteiger partial charge in [-0.05, 0) is 208 Å². The van der Waals surface area contributed by atoms with Gasteiger partial charge in [0.25, 0.3) is 0 Å². The SMILES string of the molecule is C.Clc1cc(I)c(Cl)cn1.Cn1ncc(-c2cc(CC3CCC(N)CC3)ncc2Cl)c1CC1CC1.Cn1ncc(-c2cc(Cl)ncc2Cl)c1CC1CC1.Cn1ncc(B2OC(C)(C)C(C)(C)O2)c1CC1CC1.NC1CCC(N)CC1. The lowest BCUT2D eigenvalue weighted by Gasteiger charge is -2.32. The maximum Gasteiger partial charge on any atom is 0.498 e. The van der Waals surface area contributed by atoms with Crippen LogP contribution < -0.4 is 22.7 Å². The van der Waals surface area contributed by atoms with Gasteiger partial charge in [-0.25, -0.2) is 9.97 Å². The van der Waals surface area contributed by atoms with Crippen LogP contribution in [-0.4, -0.2) is 80.7 Å². The Labute approximate surface area is 514 Å². The summed E-state index contributed by atoms with van der Waals surface area (Å²) in [6, 6.07) is 6.97. The van der Waals surface area contributed by atoms with Gasteiger partial charge in [-0.2, -0.15) is 15.3 Å². The first-order chi connectivity index (χ1) is 37.5. The minimum absolute atomic E-state index is 0. The molecule has 436 valence electrons. The van der Waals surface area contributed by atoms with Crippen molar-refractivity contribution in [2.24, 2.45) is 62.0 Å². The Kier molecular flexibility index (Phi) is 23.3. The molecule has 0 radical (unpaired) electrons. The molecule has 6 aromatic heterocycles. The zero-order valence-electron chi connectivity index (χ0n) is 46.9. The average molecular weight is 1310 g/mol. The number of hydrogen-bond acceptors (Lipinski definition) is 11. The zero-order valence-corrected chi connectivity index (χ0v) is 52.8. The van der Waals surface area contributed by atoms with Crippen LogP contribution in [0.4, 0.5) is 0 Å². The Morgan fingerprint density at radius 2 is 0.850 bits per heavy atom. The minimum atomic E-state index is -0.287. The zero-order chi connectivity index (χ0) is 56.8. The van der Waals surface area contributed by atoms with Crippen LogP contribution in [0.3, 0.4) is 0 Å². The molecule has 80 heavy (non-hydrogen) atoms. The van der Waals surface area contributed by atoms with Gasteiger partial charge in [0.05, 0.1) is 38.7 Å². The highest BCUT2D eigenvalue weighted by molar-refractivity contribution is 14.1. The number of nitrogens with zero attached hydrogens (tertiary/aromatic N) is 9. The second-order valence-electron chi connectivity index (χ2n) is 23.7. The summed E-state index contributed by atoms with van der Waals surface area (Å²) in [6.45, 7) is 8.35. The van der Waals surface area contributed by atoms with Crippen LogP contribution in [0.2, 0.25) is 25.4 Å². The predicted molar refractivity (Wildman–Crippen MR) is 338 cm³/mol. The number of halogens is 6. The molecule has 12 rings (SSSR count). The van der Waals surface area contributed by atoms with Crippen LogP contribution in [0.25, 0.3) is 22.3 Å². The third-order valence-corrected chi connectivity index (χ3v) is 19.1. The molecule has 5 aliphatic carbocycles. The van der Waals surface area contributed by atoms with Crippen LogP contribution in [0.15, 0.2) is 55.4 Å². The van der Waals surface area contributed by atoms with Crippen LogP contribution >= 0.6 is 80.6 Å². The van der Waals surface area contributed by atoms with Gasteiger partial charge in [-0.3, -0.25) is 19.0 Å². The average Bonchev–Trinajstić information content (AvgIpc) is 4.48. The lowest BCUT2D eigenvalue weighted by molar-refractivity contribution is 0.00578.